The summed E-state index contributed by atoms with van der Waals surface area (Å²) in [5.41, 5.74) is 0.666. The maximum Gasteiger partial charge on any atom is 0.251 e. The normalized spacial score (nSPS) is 27.7. The number of ether oxygens (including phenoxy) is 2. The molecule has 4 aliphatic heterocycles. The van der Waals surface area contributed by atoms with Gasteiger partial charge in [0.1, 0.15) is 17.3 Å². The summed E-state index contributed by atoms with van der Waals surface area (Å²) in [5, 5.41) is 3.28. The predicted molar refractivity (Wildman–Crippen MR) is 119 cm³/mol. The number of morpholine rings is 1. The average molecular weight is 423 g/mol. The zero-order valence-electron chi connectivity index (χ0n) is 18.0. The molecule has 2 unspecified atom stereocenters. The number of amides is 1. The van der Waals surface area contributed by atoms with Crippen LogP contribution in [0.1, 0.15) is 30.1 Å². The molecule has 4 aliphatic rings. The zero-order chi connectivity index (χ0) is 21.2. The van der Waals surface area contributed by atoms with Crippen molar-refractivity contribution in [1.82, 2.24) is 15.2 Å². The van der Waals surface area contributed by atoms with Crippen molar-refractivity contribution in [2.45, 2.75) is 31.8 Å². The average Bonchev–Trinajstić information content (AvgIpc) is 2.83. The molecule has 1 N–H and O–H groups in total. The highest BCUT2D eigenvalue weighted by molar-refractivity contribution is 5.94. The van der Waals surface area contributed by atoms with E-state index in [1.54, 1.807) is 6.20 Å². The number of fused-ring (bicyclic) bond motifs is 3. The molecule has 5 heterocycles. The third-order valence-corrected chi connectivity index (χ3v) is 6.88. The van der Waals surface area contributed by atoms with Crippen molar-refractivity contribution in [1.29, 1.82) is 0 Å². The minimum absolute atomic E-state index is 0.00401. The molecule has 7 nitrogen and oxygen atoms in total. The molecule has 2 atom stereocenters. The van der Waals surface area contributed by atoms with E-state index in [1.807, 2.05) is 36.4 Å². The summed E-state index contributed by atoms with van der Waals surface area (Å²) in [6.45, 7) is 7.65. The Morgan fingerprint density at radius 3 is 2.52 bits per heavy atom. The highest BCUT2D eigenvalue weighted by atomic mass is 16.5. The molecule has 164 valence electrons. The molecule has 7 heteroatoms. The first-order chi connectivity index (χ1) is 15.2. The van der Waals surface area contributed by atoms with E-state index in [9.17, 15) is 4.79 Å². The van der Waals surface area contributed by atoms with Crippen molar-refractivity contribution in [2.75, 3.05) is 44.3 Å². The van der Waals surface area contributed by atoms with Gasteiger partial charge in [-0.2, -0.15) is 0 Å². The van der Waals surface area contributed by atoms with Gasteiger partial charge in [-0.25, -0.2) is 4.98 Å². The Morgan fingerprint density at radius 1 is 1.06 bits per heavy atom. The SMILES string of the molecule is CC1C(NC(=O)c2ccc(Oc3ccnc(N4CCOCC4)c3)cc2)C2CCN1CC2. The van der Waals surface area contributed by atoms with Crippen molar-refractivity contribution >= 4 is 11.7 Å². The smallest absolute Gasteiger partial charge is 0.251 e. The molecule has 1 aromatic heterocycles. The number of hydrogen-bond donors (Lipinski definition) is 1. The van der Waals surface area contributed by atoms with Crippen LogP contribution in [0.3, 0.4) is 0 Å². The molecule has 1 amide bonds. The van der Waals surface area contributed by atoms with Gasteiger partial charge in [-0.3, -0.25) is 9.69 Å². The predicted octanol–water partition coefficient (Wildman–Crippen LogP) is 2.92. The Morgan fingerprint density at radius 2 is 1.81 bits per heavy atom. The first kappa shape index (κ1) is 20.3. The summed E-state index contributed by atoms with van der Waals surface area (Å²) in [4.78, 5) is 22.0. The van der Waals surface area contributed by atoms with E-state index in [2.05, 4.69) is 27.0 Å². The minimum Gasteiger partial charge on any atom is -0.457 e. The van der Waals surface area contributed by atoms with E-state index >= 15 is 0 Å². The van der Waals surface area contributed by atoms with Crippen LogP contribution in [0.2, 0.25) is 0 Å². The second kappa shape index (κ2) is 8.85. The fourth-order valence-corrected chi connectivity index (χ4v) is 5.02. The number of hydrogen-bond acceptors (Lipinski definition) is 6. The molecule has 0 spiro atoms. The molecule has 31 heavy (non-hydrogen) atoms. The number of benzene rings is 1. The first-order valence-corrected chi connectivity index (χ1v) is 11.3. The number of rotatable bonds is 5. The molecule has 0 aliphatic carbocycles. The van der Waals surface area contributed by atoms with E-state index in [-0.39, 0.29) is 11.9 Å². The molecule has 0 radical (unpaired) electrons. The lowest BCUT2D eigenvalue weighted by Crippen LogP contribution is -2.62. The van der Waals surface area contributed by atoms with Crippen LogP contribution in [0.15, 0.2) is 42.6 Å². The molecular formula is C24H30N4O3. The molecule has 4 fully saturated rings. The fraction of sp³-hybridized carbons (Fsp3) is 0.500. The van der Waals surface area contributed by atoms with Crippen molar-refractivity contribution in [3.05, 3.63) is 48.2 Å². The van der Waals surface area contributed by atoms with E-state index in [0.29, 0.717) is 36.5 Å². The summed E-state index contributed by atoms with van der Waals surface area (Å²) in [6.07, 6.45) is 4.12. The van der Waals surface area contributed by atoms with Crippen molar-refractivity contribution in [3.8, 4) is 11.5 Å². The zero-order valence-corrected chi connectivity index (χ0v) is 18.0. The summed E-state index contributed by atoms with van der Waals surface area (Å²) >= 11 is 0. The highest BCUT2D eigenvalue weighted by Gasteiger charge is 2.40. The van der Waals surface area contributed by atoms with Gasteiger partial charge < -0.3 is 19.7 Å². The molecule has 2 aromatic rings. The second-order valence-corrected chi connectivity index (χ2v) is 8.69. The molecule has 0 saturated carbocycles. The third kappa shape index (κ3) is 4.38. The topological polar surface area (TPSA) is 66.9 Å². The fourth-order valence-electron chi connectivity index (χ4n) is 5.02. The lowest BCUT2D eigenvalue weighted by molar-refractivity contribution is 0.0217. The van der Waals surface area contributed by atoms with Gasteiger partial charge in [0.15, 0.2) is 0 Å². The van der Waals surface area contributed by atoms with Crippen LogP contribution < -0.4 is 15.0 Å². The molecular weight excluding hydrogens is 392 g/mol. The van der Waals surface area contributed by atoms with E-state index < -0.39 is 0 Å². The van der Waals surface area contributed by atoms with E-state index in [1.165, 1.54) is 12.8 Å². The summed E-state index contributed by atoms with van der Waals surface area (Å²) in [5.74, 6) is 2.92. The van der Waals surface area contributed by atoms with Crippen LogP contribution in [0, 0.1) is 5.92 Å². The number of anilines is 1. The van der Waals surface area contributed by atoms with E-state index in [0.717, 1.165) is 37.7 Å². The maximum atomic E-state index is 12.8. The number of carbonyl (C=O) groups excluding carboxylic acids is 1. The first-order valence-electron chi connectivity index (χ1n) is 11.3. The quantitative estimate of drug-likeness (QED) is 0.799. The van der Waals surface area contributed by atoms with Crippen LogP contribution in [0.25, 0.3) is 0 Å². The van der Waals surface area contributed by atoms with Crippen LogP contribution in [-0.4, -0.2) is 67.3 Å². The van der Waals surface area contributed by atoms with Gasteiger partial charge in [-0.05, 0) is 69.1 Å². The number of aromatic nitrogens is 1. The molecule has 4 saturated heterocycles. The number of nitrogens with one attached hydrogen (secondary N) is 1. The molecule has 6 rings (SSSR count). The highest BCUT2D eigenvalue weighted by Crippen LogP contribution is 2.32. The van der Waals surface area contributed by atoms with Gasteiger partial charge in [0.05, 0.1) is 13.2 Å². The molecule has 2 bridgehead atoms. The number of nitrogens with zero attached hydrogens (tertiary/aromatic N) is 3. The summed E-state index contributed by atoms with van der Waals surface area (Å²) < 4.78 is 11.4. The Hall–Kier alpha value is -2.64. The number of piperidine rings is 3. The summed E-state index contributed by atoms with van der Waals surface area (Å²) in [7, 11) is 0. The van der Waals surface area contributed by atoms with Crippen LogP contribution in [0.4, 0.5) is 5.82 Å². The van der Waals surface area contributed by atoms with E-state index in [4.69, 9.17) is 9.47 Å². The number of carbonyl (C=O) groups is 1. The van der Waals surface area contributed by atoms with Gasteiger partial charge in [-0.15, -0.1) is 0 Å². The third-order valence-electron chi connectivity index (χ3n) is 6.88. The largest absolute Gasteiger partial charge is 0.457 e. The van der Waals surface area contributed by atoms with Gasteiger partial charge in [0, 0.05) is 43.0 Å². The lowest BCUT2D eigenvalue weighted by atomic mass is 9.79. The standard InChI is InChI=1S/C24H30N4O3/c1-17-23(18-7-10-27(17)11-8-18)26-24(29)19-2-4-20(5-3-19)31-21-6-9-25-22(16-21)28-12-14-30-15-13-28/h2-6,9,16-18,23H,7-8,10-15H2,1H3,(H,26,29). The Balaban J connectivity index is 1.22. The maximum absolute atomic E-state index is 12.8. The minimum atomic E-state index is -0.00401. The van der Waals surface area contributed by atoms with Crippen LogP contribution in [0.5, 0.6) is 11.5 Å². The van der Waals surface area contributed by atoms with Crippen molar-refractivity contribution < 1.29 is 14.3 Å². The number of pyridine rings is 1. The Bertz CT molecular complexity index is 903. The molecule has 1 aromatic carbocycles. The van der Waals surface area contributed by atoms with Gasteiger partial charge in [0.25, 0.3) is 5.91 Å². The lowest BCUT2D eigenvalue weighted by Gasteiger charge is -2.49. The van der Waals surface area contributed by atoms with Gasteiger partial charge in [-0.1, -0.05) is 0 Å². The van der Waals surface area contributed by atoms with Gasteiger partial charge in [0.2, 0.25) is 0 Å². The van der Waals surface area contributed by atoms with Gasteiger partial charge >= 0.3 is 0 Å². The van der Waals surface area contributed by atoms with Crippen LogP contribution in [-0.2, 0) is 4.74 Å². The Kier molecular flexibility index (Phi) is 5.78. The summed E-state index contributed by atoms with van der Waals surface area (Å²) in [6, 6.07) is 11.8. The second-order valence-electron chi connectivity index (χ2n) is 8.69. The monoisotopic (exact) mass is 422 g/mol. The van der Waals surface area contributed by atoms with Crippen molar-refractivity contribution in [3.63, 3.8) is 0 Å². The van der Waals surface area contributed by atoms with Crippen LogP contribution >= 0.6 is 0 Å². The van der Waals surface area contributed by atoms with Crippen molar-refractivity contribution in [2.24, 2.45) is 5.92 Å². The Labute approximate surface area is 183 Å².